The van der Waals surface area contributed by atoms with E-state index in [1.807, 2.05) is 11.4 Å². The van der Waals surface area contributed by atoms with Gasteiger partial charge in [-0.05, 0) is 18.9 Å². The first kappa shape index (κ1) is 13.9. The van der Waals surface area contributed by atoms with Crippen molar-refractivity contribution < 1.29 is 4.79 Å². The van der Waals surface area contributed by atoms with Crippen molar-refractivity contribution in [2.24, 2.45) is 0 Å². The van der Waals surface area contributed by atoms with Crippen LogP contribution in [0.4, 0.5) is 11.1 Å². The lowest BCUT2D eigenvalue weighted by Crippen LogP contribution is -2.35. The van der Waals surface area contributed by atoms with Crippen LogP contribution in [-0.4, -0.2) is 33.9 Å². The van der Waals surface area contributed by atoms with Gasteiger partial charge in [0.05, 0.1) is 5.69 Å². The number of carbonyl (C=O) groups excluding carboxylic acids is 1. The summed E-state index contributed by atoms with van der Waals surface area (Å²) >= 11 is 1.48. The summed E-state index contributed by atoms with van der Waals surface area (Å²) in [4.78, 5) is 26.4. The van der Waals surface area contributed by atoms with Crippen molar-refractivity contribution in [3.8, 4) is 0 Å². The fraction of sp³-hybridized carbons (Fsp3) is 0.429. The van der Waals surface area contributed by atoms with Crippen LogP contribution in [0.5, 0.6) is 0 Å². The van der Waals surface area contributed by atoms with Gasteiger partial charge in [0, 0.05) is 43.7 Å². The Bertz CT molecular complexity index is 615. The fourth-order valence-corrected chi connectivity index (χ4v) is 3.37. The fourth-order valence-electron chi connectivity index (χ4n) is 2.54. The zero-order valence-corrected chi connectivity index (χ0v) is 12.6. The van der Waals surface area contributed by atoms with Crippen LogP contribution in [0.3, 0.4) is 0 Å². The van der Waals surface area contributed by atoms with Crippen molar-refractivity contribution in [3.05, 3.63) is 29.5 Å². The van der Waals surface area contributed by atoms with Gasteiger partial charge < -0.3 is 10.2 Å². The molecular weight excluding hydrogens is 286 g/mol. The van der Waals surface area contributed by atoms with E-state index in [1.54, 1.807) is 12.4 Å². The molecule has 3 heterocycles. The standard InChI is InChI=1S/C14H17N5OS/c1-10(20)17-14-18-12(9-21-14)11-4-2-7-19(8-11)13-15-5-3-6-16-13/h3,5-6,9,11H,2,4,7-8H2,1H3,(H,17,18,20). The summed E-state index contributed by atoms with van der Waals surface area (Å²) in [6.07, 6.45) is 5.73. The van der Waals surface area contributed by atoms with Crippen LogP contribution in [0, 0.1) is 0 Å². The number of rotatable bonds is 3. The Balaban J connectivity index is 1.71. The monoisotopic (exact) mass is 303 g/mol. The zero-order chi connectivity index (χ0) is 14.7. The van der Waals surface area contributed by atoms with Crippen LogP contribution >= 0.6 is 11.3 Å². The summed E-state index contributed by atoms with van der Waals surface area (Å²) in [5, 5.41) is 5.44. The Morgan fingerprint density at radius 3 is 3.00 bits per heavy atom. The van der Waals surface area contributed by atoms with E-state index in [0.717, 1.165) is 37.6 Å². The Morgan fingerprint density at radius 1 is 1.43 bits per heavy atom. The summed E-state index contributed by atoms with van der Waals surface area (Å²) in [5.74, 6) is 1.06. The van der Waals surface area contributed by atoms with Gasteiger partial charge in [-0.3, -0.25) is 4.79 Å². The number of anilines is 2. The van der Waals surface area contributed by atoms with Crippen LogP contribution in [0.1, 0.15) is 31.4 Å². The molecule has 21 heavy (non-hydrogen) atoms. The van der Waals surface area contributed by atoms with Gasteiger partial charge in [0.25, 0.3) is 0 Å². The molecule has 3 rings (SSSR count). The van der Waals surface area contributed by atoms with Crippen molar-refractivity contribution in [2.45, 2.75) is 25.7 Å². The highest BCUT2D eigenvalue weighted by Crippen LogP contribution is 2.30. The lowest BCUT2D eigenvalue weighted by molar-refractivity contribution is -0.114. The van der Waals surface area contributed by atoms with Gasteiger partial charge in [-0.1, -0.05) is 0 Å². The number of piperidine rings is 1. The summed E-state index contributed by atoms with van der Waals surface area (Å²) in [6, 6.07) is 1.82. The number of hydrogen-bond acceptors (Lipinski definition) is 6. The van der Waals surface area contributed by atoms with Crippen molar-refractivity contribution in [1.29, 1.82) is 0 Å². The number of amides is 1. The maximum Gasteiger partial charge on any atom is 0.225 e. The van der Waals surface area contributed by atoms with E-state index in [4.69, 9.17) is 0 Å². The molecule has 0 aromatic carbocycles. The molecule has 1 aliphatic rings. The van der Waals surface area contributed by atoms with Crippen molar-refractivity contribution in [1.82, 2.24) is 15.0 Å². The molecule has 1 unspecified atom stereocenters. The van der Waals surface area contributed by atoms with E-state index >= 15 is 0 Å². The first-order valence-corrected chi connectivity index (χ1v) is 7.85. The minimum atomic E-state index is -0.0844. The molecule has 2 aromatic heterocycles. The molecule has 1 saturated heterocycles. The van der Waals surface area contributed by atoms with Crippen molar-refractivity contribution in [2.75, 3.05) is 23.3 Å². The van der Waals surface area contributed by atoms with Crippen LogP contribution in [0.2, 0.25) is 0 Å². The maximum absolute atomic E-state index is 11.1. The highest BCUT2D eigenvalue weighted by Gasteiger charge is 2.24. The van der Waals surface area contributed by atoms with Gasteiger partial charge in [0.15, 0.2) is 5.13 Å². The van der Waals surface area contributed by atoms with E-state index in [9.17, 15) is 4.79 Å². The Kier molecular flexibility index (Phi) is 4.10. The number of nitrogens with one attached hydrogen (secondary N) is 1. The van der Waals surface area contributed by atoms with Crippen LogP contribution < -0.4 is 10.2 Å². The number of nitrogens with zero attached hydrogens (tertiary/aromatic N) is 4. The minimum absolute atomic E-state index is 0.0844. The van der Waals surface area contributed by atoms with Crippen LogP contribution in [-0.2, 0) is 4.79 Å². The lowest BCUT2D eigenvalue weighted by atomic mass is 9.96. The van der Waals surface area contributed by atoms with Gasteiger partial charge >= 0.3 is 0 Å². The molecule has 1 atom stereocenters. The summed E-state index contributed by atoms with van der Waals surface area (Å²) in [7, 11) is 0. The van der Waals surface area contributed by atoms with Gasteiger partial charge in [-0.15, -0.1) is 11.3 Å². The second kappa shape index (κ2) is 6.17. The SMILES string of the molecule is CC(=O)Nc1nc(C2CCCN(c3ncccn3)C2)cs1. The quantitative estimate of drug-likeness (QED) is 0.942. The predicted molar refractivity (Wildman–Crippen MR) is 82.6 cm³/mol. The first-order valence-electron chi connectivity index (χ1n) is 6.97. The third-order valence-electron chi connectivity index (χ3n) is 3.48. The number of hydrogen-bond donors (Lipinski definition) is 1. The van der Waals surface area contributed by atoms with Gasteiger partial charge in [-0.25, -0.2) is 15.0 Å². The second-order valence-electron chi connectivity index (χ2n) is 5.09. The molecule has 7 heteroatoms. The number of carbonyl (C=O) groups is 1. The molecule has 110 valence electrons. The summed E-state index contributed by atoms with van der Waals surface area (Å²) in [5.41, 5.74) is 1.05. The predicted octanol–water partition coefficient (Wildman–Crippen LogP) is 2.28. The van der Waals surface area contributed by atoms with E-state index in [0.29, 0.717) is 11.0 Å². The van der Waals surface area contributed by atoms with E-state index in [1.165, 1.54) is 18.3 Å². The number of thiazole rings is 1. The molecule has 0 bridgehead atoms. The maximum atomic E-state index is 11.1. The molecule has 0 aliphatic carbocycles. The minimum Gasteiger partial charge on any atom is -0.340 e. The highest BCUT2D eigenvalue weighted by molar-refractivity contribution is 7.13. The number of aromatic nitrogens is 3. The normalized spacial score (nSPS) is 18.5. The summed E-state index contributed by atoms with van der Waals surface area (Å²) in [6.45, 7) is 3.34. The molecule has 6 nitrogen and oxygen atoms in total. The first-order chi connectivity index (χ1) is 10.2. The molecule has 0 spiro atoms. The molecule has 1 aliphatic heterocycles. The molecule has 1 fully saturated rings. The van der Waals surface area contributed by atoms with Crippen LogP contribution in [0.15, 0.2) is 23.8 Å². The van der Waals surface area contributed by atoms with Gasteiger partial charge in [0.2, 0.25) is 11.9 Å². The van der Waals surface area contributed by atoms with Gasteiger partial charge in [0.1, 0.15) is 0 Å². The summed E-state index contributed by atoms with van der Waals surface area (Å²) < 4.78 is 0. The Hall–Kier alpha value is -2.02. The average Bonchev–Trinajstić information content (AvgIpc) is 2.96. The molecule has 1 amide bonds. The molecule has 0 saturated carbocycles. The van der Waals surface area contributed by atoms with E-state index in [2.05, 4.69) is 25.2 Å². The molecule has 0 radical (unpaired) electrons. The molecule has 2 aromatic rings. The zero-order valence-electron chi connectivity index (χ0n) is 11.8. The van der Waals surface area contributed by atoms with E-state index in [-0.39, 0.29) is 5.91 Å². The van der Waals surface area contributed by atoms with Crippen molar-refractivity contribution in [3.63, 3.8) is 0 Å². The topological polar surface area (TPSA) is 71.0 Å². The third kappa shape index (κ3) is 3.36. The highest BCUT2D eigenvalue weighted by atomic mass is 32.1. The lowest BCUT2D eigenvalue weighted by Gasteiger charge is -2.31. The molecular formula is C14H17N5OS. The molecule has 1 N–H and O–H groups in total. The van der Waals surface area contributed by atoms with Crippen LogP contribution in [0.25, 0.3) is 0 Å². The van der Waals surface area contributed by atoms with Gasteiger partial charge in [-0.2, -0.15) is 0 Å². The van der Waals surface area contributed by atoms with E-state index < -0.39 is 0 Å². The third-order valence-corrected chi connectivity index (χ3v) is 4.26. The second-order valence-corrected chi connectivity index (χ2v) is 5.95. The largest absolute Gasteiger partial charge is 0.340 e. The average molecular weight is 303 g/mol. The Labute approximate surface area is 127 Å². The smallest absolute Gasteiger partial charge is 0.225 e. The van der Waals surface area contributed by atoms with Crippen molar-refractivity contribution >= 4 is 28.3 Å². The Morgan fingerprint density at radius 2 is 2.24 bits per heavy atom.